The maximum absolute atomic E-state index is 12.8. The van der Waals surface area contributed by atoms with E-state index in [1.54, 1.807) is 31.4 Å². The molecule has 0 aromatic heterocycles. The molecule has 7 heteroatoms. The molecule has 1 aliphatic rings. The summed E-state index contributed by atoms with van der Waals surface area (Å²) in [6.45, 7) is 4.03. The molecule has 6 nitrogen and oxygen atoms in total. The Labute approximate surface area is 165 Å². The summed E-state index contributed by atoms with van der Waals surface area (Å²) in [6, 6.07) is 15.3. The van der Waals surface area contributed by atoms with Gasteiger partial charge < -0.3 is 14.4 Å². The molecule has 1 aliphatic heterocycles. The first kappa shape index (κ1) is 20.1. The number of nitrogens with one attached hydrogen (secondary N) is 1. The maximum Gasteiger partial charge on any atom is 0.216 e. The van der Waals surface area contributed by atoms with Crippen molar-refractivity contribution in [2.75, 3.05) is 33.4 Å². The van der Waals surface area contributed by atoms with Crippen LogP contribution in [-0.2, 0) is 21.1 Å². The van der Waals surface area contributed by atoms with Gasteiger partial charge in [-0.1, -0.05) is 24.3 Å². The third-order valence-electron chi connectivity index (χ3n) is 4.70. The van der Waals surface area contributed by atoms with Crippen molar-refractivity contribution < 1.29 is 22.8 Å². The molecule has 146 valence electrons. The van der Waals surface area contributed by atoms with Crippen LogP contribution < -0.4 is 9.64 Å². The van der Waals surface area contributed by atoms with Crippen molar-refractivity contribution >= 4 is 15.9 Å². The van der Waals surface area contributed by atoms with E-state index in [1.807, 2.05) is 18.2 Å². The van der Waals surface area contributed by atoms with E-state index in [9.17, 15) is 13.7 Å². The fourth-order valence-corrected chi connectivity index (χ4v) is 4.36. The molecule has 0 radical (unpaired) electrons. The Morgan fingerprint density at radius 1 is 1.21 bits per heavy atom. The van der Waals surface area contributed by atoms with Crippen molar-refractivity contribution in [2.24, 2.45) is 0 Å². The van der Waals surface area contributed by atoms with Gasteiger partial charge in [0, 0.05) is 5.56 Å². The van der Waals surface area contributed by atoms with Crippen LogP contribution in [0.4, 0.5) is 0 Å². The van der Waals surface area contributed by atoms with Gasteiger partial charge in [-0.15, -0.1) is 0 Å². The van der Waals surface area contributed by atoms with Crippen LogP contribution in [0.1, 0.15) is 11.1 Å². The molecule has 0 amide bonds. The van der Waals surface area contributed by atoms with Crippen molar-refractivity contribution in [1.82, 2.24) is 0 Å². The molecule has 0 aliphatic carbocycles. The van der Waals surface area contributed by atoms with Gasteiger partial charge in [-0.3, -0.25) is 0 Å². The summed E-state index contributed by atoms with van der Waals surface area (Å²) in [4.78, 5) is 1.20. The number of ether oxygens (including phenoxy) is 2. The fraction of sp³-hybridized carbons (Fsp3) is 0.286. The van der Waals surface area contributed by atoms with Crippen LogP contribution in [-0.4, -0.2) is 41.8 Å². The number of hydrogen-bond donors (Lipinski definition) is 1. The molecule has 1 fully saturated rings. The van der Waals surface area contributed by atoms with Gasteiger partial charge in [0.05, 0.1) is 25.2 Å². The molecule has 0 saturated carbocycles. The van der Waals surface area contributed by atoms with Gasteiger partial charge in [-0.25, -0.2) is 8.42 Å². The number of methoxy groups -OCH3 is 1. The largest absolute Gasteiger partial charge is 0.496 e. The topological polar surface area (TPSA) is 80.8 Å². The third kappa shape index (κ3) is 4.60. The fourth-order valence-electron chi connectivity index (χ4n) is 3.18. The van der Waals surface area contributed by atoms with E-state index in [-0.39, 0.29) is 9.80 Å². The molecule has 2 aromatic carbocycles. The third-order valence-corrected chi connectivity index (χ3v) is 6.38. The second-order valence-electron chi connectivity index (χ2n) is 6.55. The van der Waals surface area contributed by atoms with Crippen LogP contribution in [0.2, 0.25) is 0 Å². The van der Waals surface area contributed by atoms with Crippen LogP contribution in [0, 0.1) is 11.3 Å². The van der Waals surface area contributed by atoms with Gasteiger partial charge in [0.2, 0.25) is 9.84 Å². The molecule has 28 heavy (non-hydrogen) atoms. The molecular weight excluding hydrogens is 376 g/mol. The van der Waals surface area contributed by atoms with Crippen molar-refractivity contribution in [2.45, 2.75) is 11.4 Å². The number of benzene rings is 2. The Kier molecular flexibility index (Phi) is 6.47. The predicted molar refractivity (Wildman–Crippen MR) is 105 cm³/mol. The monoisotopic (exact) mass is 399 g/mol. The first-order chi connectivity index (χ1) is 13.5. The van der Waals surface area contributed by atoms with E-state index in [1.165, 1.54) is 23.1 Å². The molecule has 3 rings (SSSR count). The molecule has 0 spiro atoms. The Balaban J connectivity index is 1.93. The van der Waals surface area contributed by atoms with Crippen molar-refractivity contribution in [3.8, 4) is 11.8 Å². The number of morpholine rings is 1. The van der Waals surface area contributed by atoms with E-state index in [2.05, 4.69) is 0 Å². The van der Waals surface area contributed by atoms with Crippen molar-refractivity contribution in [1.29, 1.82) is 5.26 Å². The number of sulfone groups is 1. The summed E-state index contributed by atoms with van der Waals surface area (Å²) in [6.07, 6.45) is 1.42. The summed E-state index contributed by atoms with van der Waals surface area (Å²) in [7, 11) is -2.24. The van der Waals surface area contributed by atoms with Gasteiger partial charge in [0.25, 0.3) is 0 Å². The van der Waals surface area contributed by atoms with Gasteiger partial charge in [-0.2, -0.15) is 5.26 Å². The van der Waals surface area contributed by atoms with Crippen molar-refractivity contribution in [3.63, 3.8) is 0 Å². The quantitative estimate of drug-likeness (QED) is 0.744. The van der Waals surface area contributed by atoms with Crippen LogP contribution >= 0.6 is 0 Å². The average molecular weight is 399 g/mol. The lowest BCUT2D eigenvalue weighted by Gasteiger charge is -2.24. The zero-order valence-electron chi connectivity index (χ0n) is 15.7. The number of rotatable bonds is 6. The highest BCUT2D eigenvalue weighted by Crippen LogP contribution is 2.24. The normalized spacial score (nSPS) is 15.8. The highest BCUT2D eigenvalue weighted by molar-refractivity contribution is 7.95. The number of quaternary nitrogens is 1. The van der Waals surface area contributed by atoms with E-state index < -0.39 is 9.84 Å². The Bertz CT molecular complexity index is 989. The SMILES string of the molecule is COc1ccc(/C=C(\C#N)S(=O)(=O)c2ccccc2)cc1C[NH+]1CCOCC1. The number of hydrogen-bond acceptors (Lipinski definition) is 5. The smallest absolute Gasteiger partial charge is 0.216 e. The van der Waals surface area contributed by atoms with E-state index in [4.69, 9.17) is 9.47 Å². The predicted octanol–water partition coefficient (Wildman–Crippen LogP) is 1.45. The average Bonchev–Trinajstić information content (AvgIpc) is 2.73. The van der Waals surface area contributed by atoms with Gasteiger partial charge >= 0.3 is 0 Å². The van der Waals surface area contributed by atoms with Crippen LogP contribution in [0.25, 0.3) is 6.08 Å². The second-order valence-corrected chi connectivity index (χ2v) is 8.47. The maximum atomic E-state index is 12.8. The Morgan fingerprint density at radius 2 is 1.93 bits per heavy atom. The van der Waals surface area contributed by atoms with Crippen molar-refractivity contribution in [3.05, 3.63) is 64.6 Å². The first-order valence-electron chi connectivity index (χ1n) is 9.05. The summed E-state index contributed by atoms with van der Waals surface area (Å²) < 4.78 is 36.4. The van der Waals surface area contributed by atoms with Gasteiger partial charge in [-0.05, 0) is 35.9 Å². The lowest BCUT2D eigenvalue weighted by atomic mass is 10.1. The van der Waals surface area contributed by atoms with Crippen LogP contribution in [0.5, 0.6) is 5.75 Å². The first-order valence-corrected chi connectivity index (χ1v) is 10.5. The summed E-state index contributed by atoms with van der Waals surface area (Å²) in [5.74, 6) is 0.751. The highest BCUT2D eigenvalue weighted by atomic mass is 32.2. The summed E-state index contributed by atoms with van der Waals surface area (Å²) in [5.41, 5.74) is 1.63. The second kappa shape index (κ2) is 9.02. The minimum atomic E-state index is -3.86. The highest BCUT2D eigenvalue weighted by Gasteiger charge is 2.21. The molecule has 0 atom stereocenters. The summed E-state index contributed by atoms with van der Waals surface area (Å²) >= 11 is 0. The zero-order chi connectivity index (χ0) is 20.0. The minimum absolute atomic E-state index is 0.106. The number of allylic oxidation sites excluding steroid dienone is 1. The number of nitriles is 1. The lowest BCUT2D eigenvalue weighted by molar-refractivity contribution is -0.921. The lowest BCUT2D eigenvalue weighted by Crippen LogP contribution is -3.12. The zero-order valence-corrected chi connectivity index (χ0v) is 16.5. The molecule has 2 aromatic rings. The van der Waals surface area contributed by atoms with Gasteiger partial charge in [0.1, 0.15) is 36.4 Å². The number of nitrogens with zero attached hydrogens (tertiary/aromatic N) is 1. The molecule has 0 unspecified atom stereocenters. The standard InChI is InChI=1S/C21H22N2O4S/c1-26-21-8-7-17(13-18(21)16-23-9-11-27-12-10-23)14-20(15-22)28(24,25)19-5-3-2-4-6-19/h2-8,13-14H,9-12,16H2,1H3/p+1/b20-14+. The Hall–Kier alpha value is -2.66. The molecule has 0 bridgehead atoms. The van der Waals surface area contributed by atoms with Crippen LogP contribution in [0.3, 0.4) is 0 Å². The van der Waals surface area contributed by atoms with E-state index in [0.29, 0.717) is 5.56 Å². The van der Waals surface area contributed by atoms with E-state index in [0.717, 1.165) is 44.2 Å². The van der Waals surface area contributed by atoms with Crippen LogP contribution in [0.15, 0.2) is 58.3 Å². The minimum Gasteiger partial charge on any atom is -0.496 e. The molecule has 1 N–H and O–H groups in total. The van der Waals surface area contributed by atoms with Gasteiger partial charge in [0.15, 0.2) is 0 Å². The van der Waals surface area contributed by atoms with E-state index >= 15 is 0 Å². The molecule has 1 heterocycles. The summed E-state index contributed by atoms with van der Waals surface area (Å²) in [5, 5.41) is 9.48. The molecule has 1 saturated heterocycles. The molecular formula is C21H23N2O4S+. The Morgan fingerprint density at radius 3 is 2.57 bits per heavy atom.